The van der Waals surface area contributed by atoms with Crippen LogP contribution in [0.4, 0.5) is 0 Å². The summed E-state index contributed by atoms with van der Waals surface area (Å²) >= 11 is 11.9. The first kappa shape index (κ1) is 13.5. The van der Waals surface area contributed by atoms with Crippen LogP contribution in [0.3, 0.4) is 0 Å². The third-order valence-corrected chi connectivity index (χ3v) is 4.20. The van der Waals surface area contributed by atoms with E-state index in [0.29, 0.717) is 16.1 Å². The second kappa shape index (κ2) is 5.11. The summed E-state index contributed by atoms with van der Waals surface area (Å²) in [6, 6.07) is 6.79. The van der Waals surface area contributed by atoms with Crippen molar-refractivity contribution >= 4 is 23.2 Å². The highest BCUT2D eigenvalue weighted by Gasteiger charge is 2.25. The highest BCUT2D eigenvalue weighted by Crippen LogP contribution is 2.30. The lowest BCUT2D eigenvalue weighted by molar-refractivity contribution is 0.297. The summed E-state index contributed by atoms with van der Waals surface area (Å²) < 4.78 is 1.28. The van der Waals surface area contributed by atoms with Crippen LogP contribution < -0.4 is 11.2 Å². The van der Waals surface area contributed by atoms with Gasteiger partial charge in [-0.2, -0.15) is 0 Å². The molecule has 6 heteroatoms. The van der Waals surface area contributed by atoms with Crippen LogP contribution in [0.5, 0.6) is 0 Å². The first-order valence-electron chi connectivity index (χ1n) is 6.38. The van der Waals surface area contributed by atoms with Crippen molar-refractivity contribution in [2.75, 3.05) is 0 Å². The van der Waals surface area contributed by atoms with E-state index in [9.17, 15) is 9.59 Å². The molecule has 4 nitrogen and oxygen atoms in total. The molecule has 0 spiro atoms. The lowest BCUT2D eigenvalue weighted by atomic mass is 9.92. The van der Waals surface area contributed by atoms with E-state index in [-0.39, 0.29) is 16.8 Å². The molecule has 1 aliphatic carbocycles. The van der Waals surface area contributed by atoms with E-state index >= 15 is 0 Å². The van der Waals surface area contributed by atoms with E-state index in [1.165, 1.54) is 4.57 Å². The summed E-state index contributed by atoms with van der Waals surface area (Å²) in [5.41, 5.74) is 0.178. The van der Waals surface area contributed by atoms with E-state index in [1.807, 2.05) is 0 Å². The summed E-state index contributed by atoms with van der Waals surface area (Å²) in [6.07, 6.45) is 2.74. The van der Waals surface area contributed by atoms with Crippen LogP contribution >= 0.6 is 23.2 Å². The molecule has 0 saturated heterocycles. The molecule has 1 N–H and O–H groups in total. The summed E-state index contributed by atoms with van der Waals surface area (Å²) in [5.74, 6) is 0. The fourth-order valence-electron chi connectivity index (χ4n) is 2.37. The van der Waals surface area contributed by atoms with Gasteiger partial charge in [-0.15, -0.1) is 0 Å². The highest BCUT2D eigenvalue weighted by atomic mass is 35.5. The molecule has 0 atom stereocenters. The Hall–Kier alpha value is -1.52. The predicted octanol–water partition coefficient (Wildman–Crippen LogP) is 3.24. The minimum Gasteiger partial charge on any atom is -0.297 e. The predicted molar refractivity (Wildman–Crippen MR) is 79.7 cm³/mol. The van der Waals surface area contributed by atoms with Crippen molar-refractivity contribution in [3.63, 3.8) is 0 Å². The molecule has 3 rings (SSSR count). The van der Waals surface area contributed by atoms with Crippen molar-refractivity contribution in [2.45, 2.75) is 25.3 Å². The number of nitrogens with zero attached hydrogens (tertiary/aromatic N) is 1. The second-order valence-electron chi connectivity index (χ2n) is 4.89. The number of aromatic nitrogens is 2. The number of nitrogens with one attached hydrogen (secondary N) is 1. The Bertz CT molecular complexity index is 758. The molecule has 2 aromatic rings. The third-order valence-electron chi connectivity index (χ3n) is 3.66. The largest absolute Gasteiger partial charge is 0.329 e. The summed E-state index contributed by atoms with van der Waals surface area (Å²) in [7, 11) is 0. The maximum absolute atomic E-state index is 12.6. The molecule has 20 heavy (non-hydrogen) atoms. The molecule has 1 aromatic heterocycles. The van der Waals surface area contributed by atoms with Crippen molar-refractivity contribution in [1.82, 2.24) is 9.55 Å². The molecule has 0 aliphatic heterocycles. The Morgan fingerprint density at radius 3 is 2.30 bits per heavy atom. The summed E-state index contributed by atoms with van der Waals surface area (Å²) in [6.45, 7) is 0. The fourth-order valence-corrected chi connectivity index (χ4v) is 2.76. The van der Waals surface area contributed by atoms with Gasteiger partial charge < -0.3 is 0 Å². The molecule has 1 aliphatic rings. The maximum atomic E-state index is 12.6. The van der Waals surface area contributed by atoms with Gasteiger partial charge in [-0.1, -0.05) is 35.3 Å². The van der Waals surface area contributed by atoms with Gasteiger partial charge in [0.1, 0.15) is 5.15 Å². The zero-order valence-corrected chi connectivity index (χ0v) is 12.0. The third kappa shape index (κ3) is 2.19. The monoisotopic (exact) mass is 310 g/mol. The number of H-pyrrole nitrogens is 1. The van der Waals surface area contributed by atoms with Crippen molar-refractivity contribution in [1.29, 1.82) is 0 Å². The minimum absolute atomic E-state index is 0.0189. The normalized spacial score (nSPS) is 15.1. The summed E-state index contributed by atoms with van der Waals surface area (Å²) in [4.78, 5) is 27.0. The Kier molecular flexibility index (Phi) is 3.44. The molecule has 104 valence electrons. The maximum Gasteiger partial charge on any atom is 0.329 e. The molecule has 1 heterocycles. The molecule has 1 fully saturated rings. The van der Waals surface area contributed by atoms with E-state index in [1.54, 1.807) is 24.3 Å². The lowest BCUT2D eigenvalue weighted by Gasteiger charge is -2.27. The molecule has 0 radical (unpaired) electrons. The minimum atomic E-state index is -0.442. The van der Waals surface area contributed by atoms with Crippen molar-refractivity contribution < 1.29 is 0 Å². The van der Waals surface area contributed by atoms with Crippen LogP contribution in [0, 0.1) is 0 Å². The van der Waals surface area contributed by atoms with E-state index in [2.05, 4.69) is 4.98 Å². The van der Waals surface area contributed by atoms with Gasteiger partial charge >= 0.3 is 5.69 Å². The quantitative estimate of drug-likeness (QED) is 0.866. The first-order valence-corrected chi connectivity index (χ1v) is 7.14. The zero-order valence-electron chi connectivity index (χ0n) is 10.5. The molecular weight excluding hydrogens is 299 g/mol. The van der Waals surface area contributed by atoms with Gasteiger partial charge in [0.2, 0.25) is 0 Å². The van der Waals surface area contributed by atoms with Crippen LogP contribution in [0.1, 0.15) is 25.3 Å². The molecule has 1 saturated carbocycles. The van der Waals surface area contributed by atoms with Gasteiger partial charge in [-0.25, -0.2) is 4.79 Å². The van der Waals surface area contributed by atoms with E-state index in [4.69, 9.17) is 23.2 Å². The van der Waals surface area contributed by atoms with Gasteiger partial charge in [0.05, 0.1) is 5.56 Å². The van der Waals surface area contributed by atoms with Gasteiger partial charge in [0, 0.05) is 11.1 Å². The summed E-state index contributed by atoms with van der Waals surface area (Å²) in [5, 5.41) is 0.645. The van der Waals surface area contributed by atoms with Gasteiger partial charge in [0.15, 0.2) is 0 Å². The number of halogens is 2. The topological polar surface area (TPSA) is 54.9 Å². The zero-order chi connectivity index (χ0) is 14.3. The average Bonchev–Trinajstić information content (AvgIpc) is 2.34. The number of hydrogen-bond acceptors (Lipinski definition) is 2. The fraction of sp³-hybridized carbons (Fsp3) is 0.286. The standard InChI is InChI=1S/C14H12Cl2N2O2/c15-9-6-4-8(5-7-9)11-12(16)17-14(20)18(13(11)19)10-2-1-3-10/h4-7,10H,1-3H2,(H,17,20). The number of benzene rings is 1. The van der Waals surface area contributed by atoms with Crippen molar-refractivity contribution in [3.05, 3.63) is 55.3 Å². The molecule has 1 aromatic carbocycles. The van der Waals surface area contributed by atoms with Crippen LogP contribution in [0.2, 0.25) is 10.2 Å². The van der Waals surface area contributed by atoms with Gasteiger partial charge in [-0.05, 0) is 37.0 Å². The highest BCUT2D eigenvalue weighted by molar-refractivity contribution is 6.32. The Labute approximate surface area is 125 Å². The van der Waals surface area contributed by atoms with Crippen LogP contribution in [-0.4, -0.2) is 9.55 Å². The van der Waals surface area contributed by atoms with E-state index < -0.39 is 5.69 Å². The molecule has 0 amide bonds. The Morgan fingerprint density at radius 2 is 1.75 bits per heavy atom. The lowest BCUT2D eigenvalue weighted by Crippen LogP contribution is -2.41. The average molecular weight is 311 g/mol. The molecule has 0 unspecified atom stereocenters. The van der Waals surface area contributed by atoms with E-state index in [0.717, 1.165) is 19.3 Å². The van der Waals surface area contributed by atoms with Crippen molar-refractivity contribution in [2.24, 2.45) is 0 Å². The van der Waals surface area contributed by atoms with Crippen LogP contribution in [0.15, 0.2) is 33.9 Å². The number of rotatable bonds is 2. The molecular formula is C14H12Cl2N2O2. The van der Waals surface area contributed by atoms with Crippen LogP contribution in [0.25, 0.3) is 11.1 Å². The second-order valence-corrected chi connectivity index (χ2v) is 5.70. The van der Waals surface area contributed by atoms with Crippen LogP contribution in [-0.2, 0) is 0 Å². The SMILES string of the molecule is O=c1[nH]c(Cl)c(-c2ccc(Cl)cc2)c(=O)n1C1CCC1. The smallest absolute Gasteiger partial charge is 0.297 e. The Balaban J connectivity index is 2.22. The van der Waals surface area contributed by atoms with Gasteiger partial charge in [0.25, 0.3) is 5.56 Å². The Morgan fingerprint density at radius 1 is 1.10 bits per heavy atom. The van der Waals surface area contributed by atoms with Crippen molar-refractivity contribution in [3.8, 4) is 11.1 Å². The molecule has 0 bridgehead atoms. The van der Waals surface area contributed by atoms with Gasteiger partial charge in [-0.3, -0.25) is 14.3 Å². The number of hydrogen-bond donors (Lipinski definition) is 1. The number of aromatic amines is 1. The first-order chi connectivity index (χ1) is 9.58.